The van der Waals surface area contributed by atoms with Crippen LogP contribution in [0, 0.1) is 0 Å². The summed E-state index contributed by atoms with van der Waals surface area (Å²) in [6, 6.07) is 9.97. The van der Waals surface area contributed by atoms with Crippen LogP contribution in [0.3, 0.4) is 0 Å². The predicted molar refractivity (Wildman–Crippen MR) is 99.8 cm³/mol. The summed E-state index contributed by atoms with van der Waals surface area (Å²) in [7, 11) is 0. The van der Waals surface area contributed by atoms with Crippen molar-refractivity contribution in [3.63, 3.8) is 0 Å². The molecule has 0 unspecified atom stereocenters. The predicted octanol–water partition coefficient (Wildman–Crippen LogP) is 3.80. The second-order valence-electron chi connectivity index (χ2n) is 6.76. The van der Waals surface area contributed by atoms with Crippen molar-refractivity contribution in [3.8, 4) is 0 Å². The van der Waals surface area contributed by atoms with E-state index in [0.29, 0.717) is 6.54 Å². The lowest BCUT2D eigenvalue weighted by atomic mass is 10.0. The topological polar surface area (TPSA) is 57.8 Å². The van der Waals surface area contributed by atoms with Crippen LogP contribution in [0.15, 0.2) is 42.7 Å². The van der Waals surface area contributed by atoms with Crippen molar-refractivity contribution in [2.24, 2.45) is 0 Å². The summed E-state index contributed by atoms with van der Waals surface area (Å²) in [6.07, 6.45) is 10.4. The second-order valence-corrected chi connectivity index (χ2v) is 6.76. The zero-order chi connectivity index (χ0) is 17.1. The number of fused-ring (bicyclic) bond motifs is 3. The van der Waals surface area contributed by atoms with Gasteiger partial charge in [0, 0.05) is 41.1 Å². The van der Waals surface area contributed by atoms with Crippen LogP contribution < -0.4 is 5.32 Å². The highest BCUT2D eigenvalue weighted by Gasteiger charge is 2.15. The number of amides is 1. The summed E-state index contributed by atoms with van der Waals surface area (Å²) >= 11 is 0. The van der Waals surface area contributed by atoms with Gasteiger partial charge < -0.3 is 10.3 Å². The summed E-state index contributed by atoms with van der Waals surface area (Å²) in [5.74, 6) is -0.000437. The molecule has 25 heavy (non-hydrogen) atoms. The first-order chi connectivity index (χ1) is 12.3. The molecule has 3 aromatic rings. The first kappa shape index (κ1) is 15.9. The minimum absolute atomic E-state index is 0.000437. The zero-order valence-electron chi connectivity index (χ0n) is 14.3. The lowest BCUT2D eigenvalue weighted by molar-refractivity contribution is 0.0954. The molecule has 2 N–H and O–H groups in total. The number of carbonyl (C=O) groups excluding carboxylic acids is 1. The quantitative estimate of drug-likeness (QED) is 0.713. The third-order valence-corrected chi connectivity index (χ3v) is 5.06. The number of nitrogens with one attached hydrogen (secondary N) is 2. The Balaban J connectivity index is 1.49. The molecule has 0 aliphatic heterocycles. The Bertz CT molecular complexity index is 883. The molecule has 128 valence electrons. The van der Waals surface area contributed by atoms with E-state index in [2.05, 4.69) is 21.4 Å². The molecule has 2 aromatic heterocycles. The van der Waals surface area contributed by atoms with Gasteiger partial charge in [0.15, 0.2) is 0 Å². The molecule has 4 nitrogen and oxygen atoms in total. The van der Waals surface area contributed by atoms with Crippen LogP contribution in [0.2, 0.25) is 0 Å². The maximum atomic E-state index is 12.5. The van der Waals surface area contributed by atoms with Crippen LogP contribution in [0.4, 0.5) is 0 Å². The number of aromatic nitrogens is 2. The Morgan fingerprint density at radius 1 is 1.08 bits per heavy atom. The molecule has 0 saturated heterocycles. The van der Waals surface area contributed by atoms with Crippen LogP contribution in [-0.4, -0.2) is 22.4 Å². The standard InChI is InChI=1S/C21H23N3O/c25-21(23-13-10-15-8-11-22-12-9-15)16-6-7-20-18(14-16)17-4-2-1-3-5-19(17)24-20/h6-9,11-12,14,24H,1-5,10,13H2,(H,23,25). The second kappa shape index (κ2) is 7.09. The van der Waals surface area contributed by atoms with E-state index in [0.717, 1.165) is 30.3 Å². The van der Waals surface area contributed by atoms with Gasteiger partial charge in [-0.25, -0.2) is 0 Å². The van der Waals surface area contributed by atoms with Gasteiger partial charge in [0.25, 0.3) is 5.91 Å². The molecule has 0 fully saturated rings. The molecule has 0 spiro atoms. The van der Waals surface area contributed by atoms with Crippen LogP contribution in [0.5, 0.6) is 0 Å². The average Bonchev–Trinajstić information content (AvgIpc) is 2.82. The molecule has 1 aromatic carbocycles. The van der Waals surface area contributed by atoms with Crippen molar-refractivity contribution in [2.75, 3.05) is 6.54 Å². The van der Waals surface area contributed by atoms with E-state index >= 15 is 0 Å². The molecular formula is C21H23N3O. The van der Waals surface area contributed by atoms with E-state index in [1.54, 1.807) is 12.4 Å². The monoisotopic (exact) mass is 333 g/mol. The number of carbonyl (C=O) groups is 1. The summed E-state index contributed by atoms with van der Waals surface area (Å²) in [5, 5.41) is 4.25. The van der Waals surface area contributed by atoms with Crippen LogP contribution in [0.1, 0.15) is 46.4 Å². The number of aryl methyl sites for hydroxylation is 2. The van der Waals surface area contributed by atoms with Gasteiger partial charge >= 0.3 is 0 Å². The Morgan fingerprint density at radius 2 is 1.92 bits per heavy atom. The lowest BCUT2D eigenvalue weighted by Gasteiger charge is -2.06. The minimum atomic E-state index is -0.000437. The largest absolute Gasteiger partial charge is 0.358 e. The summed E-state index contributed by atoms with van der Waals surface area (Å²) in [5.41, 5.74) is 5.86. The van der Waals surface area contributed by atoms with Crippen molar-refractivity contribution in [2.45, 2.75) is 38.5 Å². The third-order valence-electron chi connectivity index (χ3n) is 5.06. The number of hydrogen-bond donors (Lipinski definition) is 2. The van der Waals surface area contributed by atoms with E-state index in [4.69, 9.17) is 0 Å². The lowest BCUT2D eigenvalue weighted by Crippen LogP contribution is -2.25. The Labute approximate surface area is 147 Å². The number of rotatable bonds is 4. The zero-order valence-corrected chi connectivity index (χ0v) is 14.3. The number of pyridine rings is 1. The van der Waals surface area contributed by atoms with Crippen molar-refractivity contribution in [1.29, 1.82) is 0 Å². The maximum Gasteiger partial charge on any atom is 0.251 e. The number of benzene rings is 1. The van der Waals surface area contributed by atoms with Crippen molar-refractivity contribution in [3.05, 3.63) is 65.1 Å². The highest BCUT2D eigenvalue weighted by molar-refractivity contribution is 5.99. The highest BCUT2D eigenvalue weighted by Crippen LogP contribution is 2.29. The Morgan fingerprint density at radius 3 is 2.80 bits per heavy atom. The van der Waals surface area contributed by atoms with Gasteiger partial charge in [0.2, 0.25) is 0 Å². The number of aromatic amines is 1. The fraction of sp³-hybridized carbons (Fsp3) is 0.333. The molecule has 1 aliphatic rings. The Kier molecular flexibility index (Phi) is 4.51. The van der Waals surface area contributed by atoms with Crippen LogP contribution in [-0.2, 0) is 19.3 Å². The SMILES string of the molecule is O=C(NCCc1ccncc1)c1ccc2[nH]c3c(c2c1)CCCCC3. The molecule has 2 heterocycles. The van der Waals surface area contributed by atoms with E-state index in [1.807, 2.05) is 24.3 Å². The number of hydrogen-bond acceptors (Lipinski definition) is 2. The minimum Gasteiger partial charge on any atom is -0.358 e. The molecular weight excluding hydrogens is 310 g/mol. The summed E-state index contributed by atoms with van der Waals surface area (Å²) in [6.45, 7) is 0.631. The van der Waals surface area contributed by atoms with Crippen LogP contribution >= 0.6 is 0 Å². The van der Waals surface area contributed by atoms with Crippen molar-refractivity contribution >= 4 is 16.8 Å². The van der Waals surface area contributed by atoms with E-state index in [-0.39, 0.29) is 5.91 Å². The van der Waals surface area contributed by atoms with Gasteiger partial charge in [-0.3, -0.25) is 9.78 Å². The van der Waals surface area contributed by atoms with E-state index in [1.165, 1.54) is 41.5 Å². The fourth-order valence-electron chi connectivity index (χ4n) is 3.70. The fourth-order valence-corrected chi connectivity index (χ4v) is 3.70. The molecule has 0 radical (unpaired) electrons. The average molecular weight is 333 g/mol. The first-order valence-corrected chi connectivity index (χ1v) is 9.12. The highest BCUT2D eigenvalue weighted by atomic mass is 16.1. The molecule has 0 atom stereocenters. The molecule has 1 aliphatic carbocycles. The third kappa shape index (κ3) is 3.43. The van der Waals surface area contributed by atoms with Crippen molar-refractivity contribution < 1.29 is 4.79 Å². The number of nitrogens with zero attached hydrogens (tertiary/aromatic N) is 1. The molecule has 0 saturated carbocycles. The van der Waals surface area contributed by atoms with Gasteiger partial charge in [-0.05, 0) is 73.6 Å². The molecule has 4 heteroatoms. The Hall–Kier alpha value is -2.62. The van der Waals surface area contributed by atoms with Gasteiger partial charge in [0.1, 0.15) is 0 Å². The van der Waals surface area contributed by atoms with Crippen LogP contribution in [0.25, 0.3) is 10.9 Å². The molecule has 1 amide bonds. The number of H-pyrrole nitrogens is 1. The smallest absolute Gasteiger partial charge is 0.251 e. The van der Waals surface area contributed by atoms with E-state index < -0.39 is 0 Å². The van der Waals surface area contributed by atoms with Gasteiger partial charge in [-0.1, -0.05) is 6.42 Å². The van der Waals surface area contributed by atoms with Gasteiger partial charge in [-0.15, -0.1) is 0 Å². The summed E-state index contributed by atoms with van der Waals surface area (Å²) < 4.78 is 0. The van der Waals surface area contributed by atoms with Gasteiger partial charge in [0.05, 0.1) is 0 Å². The molecule has 0 bridgehead atoms. The summed E-state index contributed by atoms with van der Waals surface area (Å²) in [4.78, 5) is 20.1. The normalized spacial score (nSPS) is 14.1. The molecule has 4 rings (SSSR count). The first-order valence-electron chi connectivity index (χ1n) is 9.12. The maximum absolute atomic E-state index is 12.5. The van der Waals surface area contributed by atoms with E-state index in [9.17, 15) is 4.79 Å². The van der Waals surface area contributed by atoms with Gasteiger partial charge in [-0.2, -0.15) is 0 Å². The van der Waals surface area contributed by atoms with Crippen molar-refractivity contribution in [1.82, 2.24) is 15.3 Å².